The summed E-state index contributed by atoms with van der Waals surface area (Å²) in [5, 5.41) is 0. The summed E-state index contributed by atoms with van der Waals surface area (Å²) < 4.78 is 31.6. The lowest BCUT2D eigenvalue weighted by molar-refractivity contribution is 0.289. The molecule has 1 aliphatic carbocycles. The Kier molecular flexibility index (Phi) is 6.28. The third-order valence-corrected chi connectivity index (χ3v) is 2.19. The van der Waals surface area contributed by atoms with Crippen molar-refractivity contribution in [1.29, 1.82) is 0 Å². The first-order valence-corrected chi connectivity index (χ1v) is 6.03. The summed E-state index contributed by atoms with van der Waals surface area (Å²) in [5.74, 6) is 1.13. The van der Waals surface area contributed by atoms with E-state index in [1.54, 1.807) is 0 Å². The fourth-order valence-electron chi connectivity index (χ4n) is 1.27. The molecule has 13 heavy (non-hydrogen) atoms. The smallest absolute Gasteiger partial charge is 0.264 e. The van der Waals surface area contributed by atoms with E-state index in [1.165, 1.54) is 38.5 Å². The van der Waals surface area contributed by atoms with Crippen LogP contribution in [0.4, 0.5) is 0 Å². The van der Waals surface area contributed by atoms with Gasteiger partial charge in [0, 0.05) is 0 Å². The van der Waals surface area contributed by atoms with E-state index in [0.717, 1.165) is 5.92 Å². The topological polar surface area (TPSA) is 74.6 Å². The predicted molar refractivity (Wildman–Crippen MR) is 51.0 cm³/mol. The number of unbranched alkanes of at least 4 members (excludes halogenated alkanes) is 1. The summed E-state index contributed by atoms with van der Waals surface area (Å²) in [7, 11) is -4.67. The van der Waals surface area contributed by atoms with Crippen LogP contribution in [0.15, 0.2) is 0 Å². The van der Waals surface area contributed by atoms with E-state index in [2.05, 4.69) is 6.92 Å². The Balaban J connectivity index is 0.000000252. The van der Waals surface area contributed by atoms with Gasteiger partial charge in [0.1, 0.15) is 0 Å². The molecule has 0 radical (unpaired) electrons. The molecule has 0 atom stereocenters. The molecule has 1 fully saturated rings. The Bertz CT molecular complexity index is 198. The standard InChI is InChI=1S/C8H16.H2O4S/c1-2-3-5-8-6-4-7-8;1-5(2,3)4/h8H,2-7H2,1H3;(H2,1,2,3,4). The van der Waals surface area contributed by atoms with Gasteiger partial charge in [-0.2, -0.15) is 8.42 Å². The first kappa shape index (κ1) is 12.9. The van der Waals surface area contributed by atoms with Crippen LogP contribution in [0.3, 0.4) is 0 Å². The number of hydrogen-bond acceptors (Lipinski definition) is 2. The summed E-state index contributed by atoms with van der Waals surface area (Å²) in [6, 6.07) is 0. The van der Waals surface area contributed by atoms with Crippen LogP contribution in [0.25, 0.3) is 0 Å². The maximum absolute atomic E-state index is 8.74. The lowest BCUT2D eigenvalue weighted by Crippen LogP contribution is -2.09. The van der Waals surface area contributed by atoms with E-state index in [-0.39, 0.29) is 0 Å². The fraction of sp³-hybridized carbons (Fsp3) is 1.00. The van der Waals surface area contributed by atoms with Gasteiger partial charge in [-0.1, -0.05) is 45.4 Å². The second kappa shape index (κ2) is 6.34. The van der Waals surface area contributed by atoms with Crippen LogP contribution in [-0.2, 0) is 10.4 Å². The molecule has 1 rings (SSSR count). The molecule has 0 spiro atoms. The molecule has 0 aromatic carbocycles. The van der Waals surface area contributed by atoms with Crippen LogP contribution in [-0.4, -0.2) is 17.5 Å². The quantitative estimate of drug-likeness (QED) is 0.701. The van der Waals surface area contributed by atoms with Gasteiger partial charge in [0.25, 0.3) is 0 Å². The molecule has 0 bridgehead atoms. The Morgan fingerprint density at radius 2 is 1.77 bits per heavy atom. The molecule has 5 heteroatoms. The second-order valence-corrected chi connectivity index (χ2v) is 4.28. The van der Waals surface area contributed by atoms with Crippen molar-refractivity contribution in [1.82, 2.24) is 0 Å². The zero-order chi connectivity index (χ0) is 10.3. The first-order chi connectivity index (χ1) is 5.93. The van der Waals surface area contributed by atoms with Gasteiger partial charge in [0.2, 0.25) is 0 Å². The summed E-state index contributed by atoms with van der Waals surface area (Å²) in [5.41, 5.74) is 0. The minimum Gasteiger partial charge on any atom is -0.264 e. The largest absolute Gasteiger partial charge is 0.394 e. The van der Waals surface area contributed by atoms with Crippen LogP contribution in [0.2, 0.25) is 0 Å². The molecule has 0 aromatic rings. The van der Waals surface area contributed by atoms with Crippen molar-refractivity contribution in [3.05, 3.63) is 0 Å². The highest BCUT2D eigenvalue weighted by Crippen LogP contribution is 2.30. The van der Waals surface area contributed by atoms with E-state index >= 15 is 0 Å². The van der Waals surface area contributed by atoms with Crippen molar-refractivity contribution in [2.75, 3.05) is 0 Å². The van der Waals surface area contributed by atoms with Crippen molar-refractivity contribution in [3.63, 3.8) is 0 Å². The Hall–Kier alpha value is -0.130. The third kappa shape index (κ3) is 11.9. The summed E-state index contributed by atoms with van der Waals surface area (Å²) in [6.07, 6.45) is 8.92. The van der Waals surface area contributed by atoms with E-state index < -0.39 is 10.4 Å². The van der Waals surface area contributed by atoms with E-state index in [1.807, 2.05) is 0 Å². The zero-order valence-corrected chi connectivity index (χ0v) is 8.76. The highest BCUT2D eigenvalue weighted by atomic mass is 32.3. The lowest BCUT2D eigenvalue weighted by atomic mass is 9.82. The average molecular weight is 210 g/mol. The average Bonchev–Trinajstić information content (AvgIpc) is 1.80. The molecule has 1 saturated carbocycles. The molecule has 0 amide bonds. The Morgan fingerprint density at radius 1 is 1.31 bits per heavy atom. The molecule has 0 heterocycles. The maximum atomic E-state index is 8.74. The molecule has 0 aliphatic heterocycles. The number of hydrogen-bond donors (Lipinski definition) is 2. The van der Waals surface area contributed by atoms with Gasteiger partial charge in [0.15, 0.2) is 0 Å². The minimum absolute atomic E-state index is 1.13. The van der Waals surface area contributed by atoms with Crippen LogP contribution in [0.1, 0.15) is 45.4 Å². The predicted octanol–water partition coefficient (Wildman–Crippen LogP) is 2.32. The van der Waals surface area contributed by atoms with Crippen LogP contribution < -0.4 is 0 Å². The van der Waals surface area contributed by atoms with Gasteiger partial charge in [-0.25, -0.2) is 0 Å². The molecule has 1 aliphatic rings. The third-order valence-electron chi connectivity index (χ3n) is 2.19. The zero-order valence-electron chi connectivity index (χ0n) is 7.94. The Labute approximate surface area is 79.9 Å². The van der Waals surface area contributed by atoms with Gasteiger partial charge >= 0.3 is 10.4 Å². The Morgan fingerprint density at radius 3 is 2.00 bits per heavy atom. The number of rotatable bonds is 3. The van der Waals surface area contributed by atoms with Crippen molar-refractivity contribution >= 4 is 10.4 Å². The van der Waals surface area contributed by atoms with Gasteiger partial charge in [-0.05, 0) is 5.92 Å². The highest BCUT2D eigenvalue weighted by molar-refractivity contribution is 7.79. The summed E-state index contributed by atoms with van der Waals surface area (Å²) in [4.78, 5) is 0. The summed E-state index contributed by atoms with van der Waals surface area (Å²) >= 11 is 0. The molecular weight excluding hydrogens is 192 g/mol. The van der Waals surface area contributed by atoms with E-state index in [0.29, 0.717) is 0 Å². The van der Waals surface area contributed by atoms with Crippen LogP contribution >= 0.6 is 0 Å². The normalized spacial score (nSPS) is 17.2. The lowest BCUT2D eigenvalue weighted by Gasteiger charge is -2.24. The van der Waals surface area contributed by atoms with Crippen molar-refractivity contribution in [3.8, 4) is 0 Å². The van der Waals surface area contributed by atoms with Crippen LogP contribution in [0.5, 0.6) is 0 Å². The van der Waals surface area contributed by atoms with Crippen molar-refractivity contribution in [2.24, 2.45) is 5.92 Å². The van der Waals surface area contributed by atoms with Gasteiger partial charge in [0.05, 0.1) is 0 Å². The summed E-state index contributed by atoms with van der Waals surface area (Å²) in [6.45, 7) is 2.28. The van der Waals surface area contributed by atoms with Crippen molar-refractivity contribution < 1.29 is 17.5 Å². The van der Waals surface area contributed by atoms with Gasteiger partial charge in [-0.3, -0.25) is 9.11 Å². The molecular formula is C8H18O4S. The monoisotopic (exact) mass is 210 g/mol. The molecule has 4 nitrogen and oxygen atoms in total. The van der Waals surface area contributed by atoms with E-state index in [4.69, 9.17) is 17.5 Å². The second-order valence-electron chi connectivity index (χ2n) is 3.39. The van der Waals surface area contributed by atoms with Gasteiger partial charge < -0.3 is 0 Å². The molecule has 0 unspecified atom stereocenters. The van der Waals surface area contributed by atoms with Crippen LogP contribution in [0, 0.1) is 5.92 Å². The molecule has 2 N–H and O–H groups in total. The SMILES string of the molecule is CCCCC1CCC1.O=S(=O)(O)O. The first-order valence-electron chi connectivity index (χ1n) is 4.63. The maximum Gasteiger partial charge on any atom is 0.394 e. The molecule has 0 saturated heterocycles. The highest BCUT2D eigenvalue weighted by Gasteiger charge is 2.15. The fourth-order valence-corrected chi connectivity index (χ4v) is 1.27. The molecule has 80 valence electrons. The molecule has 0 aromatic heterocycles. The van der Waals surface area contributed by atoms with Gasteiger partial charge in [-0.15, -0.1) is 0 Å². The van der Waals surface area contributed by atoms with Crippen molar-refractivity contribution in [2.45, 2.75) is 45.4 Å². The minimum atomic E-state index is -4.67. The van der Waals surface area contributed by atoms with E-state index in [9.17, 15) is 0 Å².